The average molecular weight is 707 g/mol. The van der Waals surface area contributed by atoms with Gasteiger partial charge in [-0.05, 0) is 80.7 Å². The Kier molecular flexibility index (Phi) is 7.52. The molecule has 7 atom stereocenters. The van der Waals surface area contributed by atoms with Gasteiger partial charge in [-0.2, -0.15) is 26.3 Å². The van der Waals surface area contributed by atoms with Crippen LogP contribution in [0.1, 0.15) is 76.0 Å². The second kappa shape index (κ2) is 10.9. The number of phenols is 1. The summed E-state index contributed by atoms with van der Waals surface area (Å²) in [6, 6.07) is 4.15. The molecule has 4 amide bonds. The molecule has 3 aliphatic heterocycles. The van der Waals surface area contributed by atoms with E-state index in [1.807, 2.05) is 6.92 Å². The van der Waals surface area contributed by atoms with E-state index in [9.17, 15) is 24.3 Å². The van der Waals surface area contributed by atoms with E-state index in [-0.39, 0.29) is 17.9 Å². The van der Waals surface area contributed by atoms with E-state index in [2.05, 4.69) is 0 Å². The standard InChI is InChI=1S/C36H36F6N2O6/c1-5-16-15-50-24-12-8-17(13-21(16)24)34(35(37,38)39,36(40,41)42)18-7-11-23(45)22(14-18)43-29(46)25-19-9-10-20(26(25)30(43)47)28-27(19)31(48)44(32(28)49)33(3,4)6-2/h7-8,11-14,16,19-20,25-28,45H,5-6,9-10,15H2,1-4H3. The van der Waals surface area contributed by atoms with Gasteiger partial charge in [0.15, 0.2) is 0 Å². The number of hydrogen-bond donors (Lipinski definition) is 1. The van der Waals surface area contributed by atoms with Crippen LogP contribution in [0.2, 0.25) is 0 Å². The van der Waals surface area contributed by atoms with E-state index < -0.39 is 111 Å². The van der Waals surface area contributed by atoms with Crippen molar-refractivity contribution in [2.45, 2.75) is 82.6 Å². The highest BCUT2D eigenvalue weighted by Crippen LogP contribution is 2.63. The van der Waals surface area contributed by atoms with Crippen LogP contribution < -0.4 is 9.64 Å². The predicted octanol–water partition coefficient (Wildman–Crippen LogP) is 6.62. The summed E-state index contributed by atoms with van der Waals surface area (Å²) in [4.78, 5) is 57.5. The Labute approximate surface area is 283 Å². The normalized spacial score (nSPS) is 29.4. The average Bonchev–Trinajstić information content (AvgIpc) is 3.67. The largest absolute Gasteiger partial charge is 0.506 e. The molecule has 14 heteroatoms. The highest BCUT2D eigenvalue weighted by Gasteiger charge is 2.74. The van der Waals surface area contributed by atoms with Crippen LogP contribution in [-0.4, -0.2) is 58.1 Å². The molecule has 8 nitrogen and oxygen atoms in total. The van der Waals surface area contributed by atoms with Crippen LogP contribution in [0.15, 0.2) is 36.4 Å². The molecular formula is C36H36F6N2O6. The summed E-state index contributed by atoms with van der Waals surface area (Å²) < 4.78 is 96.7. The van der Waals surface area contributed by atoms with Crippen molar-refractivity contribution in [1.82, 2.24) is 4.90 Å². The lowest BCUT2D eigenvalue weighted by Gasteiger charge is -2.48. The molecule has 3 saturated carbocycles. The molecule has 0 radical (unpaired) electrons. The number of ether oxygens (including phenoxy) is 1. The summed E-state index contributed by atoms with van der Waals surface area (Å²) in [5.74, 6) is -9.43. The molecule has 7 unspecified atom stereocenters. The zero-order valence-electron chi connectivity index (χ0n) is 27.7. The summed E-state index contributed by atoms with van der Waals surface area (Å²) in [6.45, 7) is 7.15. The molecule has 3 aliphatic carbocycles. The predicted molar refractivity (Wildman–Crippen MR) is 165 cm³/mol. The second-order valence-electron chi connectivity index (χ2n) is 14.8. The van der Waals surface area contributed by atoms with Crippen molar-refractivity contribution < 1.29 is 55.4 Å². The van der Waals surface area contributed by atoms with Gasteiger partial charge in [-0.1, -0.05) is 32.0 Å². The summed E-state index contributed by atoms with van der Waals surface area (Å²) in [5, 5.41) is 10.9. The Bertz CT molecular complexity index is 1760. The Hall–Kier alpha value is -4.10. The zero-order chi connectivity index (χ0) is 36.5. The number of phenolic OH excluding ortho intramolecular Hbond substituents is 1. The SMILES string of the molecule is CCC1COc2ccc(C(c3ccc(O)c(N4C(=O)C5C6CCC(C5C4=O)C4C(=O)N(C(C)(C)CC)C(=O)C64)c3)(C(F)(F)F)C(F)(F)F)cc21. The lowest BCUT2D eigenvalue weighted by atomic mass is 9.51. The number of halogens is 6. The van der Waals surface area contributed by atoms with Crippen LogP contribution in [0.25, 0.3) is 0 Å². The minimum absolute atomic E-state index is 0.0977. The van der Waals surface area contributed by atoms with Crippen molar-refractivity contribution in [2.24, 2.45) is 35.5 Å². The topological polar surface area (TPSA) is 104 Å². The molecule has 2 saturated heterocycles. The van der Waals surface area contributed by atoms with Gasteiger partial charge in [0.1, 0.15) is 11.5 Å². The molecule has 8 rings (SSSR count). The maximum Gasteiger partial charge on any atom is 0.411 e. The highest BCUT2D eigenvalue weighted by atomic mass is 19.4. The summed E-state index contributed by atoms with van der Waals surface area (Å²) in [5.41, 5.74) is -8.55. The number of nitrogens with zero attached hydrogens (tertiary/aromatic N) is 2. The van der Waals surface area contributed by atoms with Crippen molar-refractivity contribution in [3.8, 4) is 11.5 Å². The van der Waals surface area contributed by atoms with Crippen molar-refractivity contribution in [2.75, 3.05) is 11.5 Å². The van der Waals surface area contributed by atoms with Gasteiger partial charge in [0.05, 0.1) is 36.0 Å². The lowest BCUT2D eigenvalue weighted by molar-refractivity contribution is -0.288. The number of imide groups is 2. The van der Waals surface area contributed by atoms with Gasteiger partial charge in [-0.25, -0.2) is 4.90 Å². The molecule has 0 aromatic heterocycles. The quantitative estimate of drug-likeness (QED) is 0.268. The molecule has 2 aromatic carbocycles. The van der Waals surface area contributed by atoms with Crippen molar-refractivity contribution >= 4 is 29.3 Å². The number of benzene rings is 2. The number of anilines is 1. The van der Waals surface area contributed by atoms with Gasteiger partial charge < -0.3 is 9.84 Å². The van der Waals surface area contributed by atoms with Crippen LogP contribution >= 0.6 is 0 Å². The van der Waals surface area contributed by atoms with Crippen LogP contribution in [0.4, 0.5) is 32.0 Å². The van der Waals surface area contributed by atoms with E-state index in [1.54, 1.807) is 20.8 Å². The summed E-state index contributed by atoms with van der Waals surface area (Å²) in [7, 11) is 0. The smallest absolute Gasteiger partial charge is 0.411 e. The number of carbonyl (C=O) groups is 4. The molecule has 2 aromatic rings. The molecular weight excluding hydrogens is 670 g/mol. The van der Waals surface area contributed by atoms with Gasteiger partial charge in [-0.15, -0.1) is 0 Å². The first-order chi connectivity index (χ1) is 23.3. The molecule has 2 bridgehead atoms. The van der Waals surface area contributed by atoms with Gasteiger partial charge in [-0.3, -0.25) is 24.1 Å². The molecule has 1 N–H and O–H groups in total. The van der Waals surface area contributed by atoms with E-state index in [4.69, 9.17) is 4.74 Å². The first-order valence-electron chi connectivity index (χ1n) is 16.8. The number of aromatic hydroxyl groups is 1. The minimum atomic E-state index is -5.97. The number of carbonyl (C=O) groups excluding carboxylic acids is 4. The lowest BCUT2D eigenvalue weighted by Crippen LogP contribution is -2.54. The third-order valence-electron chi connectivity index (χ3n) is 12.3. The fourth-order valence-electron chi connectivity index (χ4n) is 9.54. The molecule has 50 heavy (non-hydrogen) atoms. The second-order valence-corrected chi connectivity index (χ2v) is 14.8. The van der Waals surface area contributed by atoms with Crippen molar-refractivity contribution in [3.63, 3.8) is 0 Å². The number of rotatable bonds is 6. The minimum Gasteiger partial charge on any atom is -0.506 e. The van der Waals surface area contributed by atoms with Gasteiger partial charge in [0, 0.05) is 17.0 Å². The van der Waals surface area contributed by atoms with E-state index in [1.165, 1.54) is 4.90 Å². The van der Waals surface area contributed by atoms with Crippen molar-refractivity contribution in [3.05, 3.63) is 53.1 Å². The third kappa shape index (κ3) is 4.31. The van der Waals surface area contributed by atoms with Crippen LogP contribution in [0.5, 0.6) is 11.5 Å². The molecule has 3 heterocycles. The van der Waals surface area contributed by atoms with Gasteiger partial charge in [0.2, 0.25) is 29.0 Å². The molecule has 5 fully saturated rings. The Morgan fingerprint density at radius 3 is 1.76 bits per heavy atom. The van der Waals surface area contributed by atoms with E-state index >= 15 is 26.3 Å². The maximum atomic E-state index is 15.2. The van der Waals surface area contributed by atoms with Crippen LogP contribution in [0.3, 0.4) is 0 Å². The third-order valence-corrected chi connectivity index (χ3v) is 12.3. The summed E-state index contributed by atoms with van der Waals surface area (Å²) in [6.07, 6.45) is -10.4. The van der Waals surface area contributed by atoms with Crippen molar-refractivity contribution in [1.29, 1.82) is 0 Å². The fourth-order valence-corrected chi connectivity index (χ4v) is 9.54. The van der Waals surface area contributed by atoms with Crippen LogP contribution in [-0.2, 0) is 24.6 Å². The Morgan fingerprint density at radius 1 is 0.760 bits per heavy atom. The molecule has 268 valence electrons. The molecule has 0 spiro atoms. The number of likely N-dealkylation sites (tertiary alicyclic amines) is 1. The zero-order valence-corrected chi connectivity index (χ0v) is 27.7. The Morgan fingerprint density at radius 2 is 1.26 bits per heavy atom. The highest BCUT2D eigenvalue weighted by molar-refractivity contribution is 6.24. The van der Waals surface area contributed by atoms with E-state index in [0.29, 0.717) is 54.8 Å². The first-order valence-corrected chi connectivity index (χ1v) is 16.8. The Balaban J connectivity index is 1.34. The van der Waals surface area contributed by atoms with Crippen LogP contribution in [0, 0.1) is 35.5 Å². The number of alkyl halides is 6. The monoisotopic (exact) mass is 706 g/mol. The van der Waals surface area contributed by atoms with Gasteiger partial charge in [0.25, 0.3) is 0 Å². The maximum absolute atomic E-state index is 15.2. The molecule has 6 aliphatic rings. The fraction of sp³-hybridized carbons (Fsp3) is 0.556. The first kappa shape index (κ1) is 34.4. The van der Waals surface area contributed by atoms with E-state index in [0.717, 1.165) is 12.1 Å². The number of hydrogen-bond acceptors (Lipinski definition) is 6. The number of fused-ring (bicyclic) bond motifs is 2. The van der Waals surface area contributed by atoms with Gasteiger partial charge >= 0.3 is 12.4 Å². The number of amides is 4. The summed E-state index contributed by atoms with van der Waals surface area (Å²) >= 11 is 0.